The molecule has 24 heavy (non-hydrogen) atoms. The van der Waals surface area contributed by atoms with Gasteiger partial charge in [0.1, 0.15) is 0 Å². The van der Waals surface area contributed by atoms with Crippen LogP contribution in [0.2, 0.25) is 5.02 Å². The summed E-state index contributed by atoms with van der Waals surface area (Å²) in [6.45, 7) is 2.54. The third-order valence-corrected chi connectivity index (χ3v) is 4.43. The number of nitrogens with one attached hydrogen (secondary N) is 1. The van der Waals surface area contributed by atoms with Crippen molar-refractivity contribution in [3.63, 3.8) is 0 Å². The zero-order chi connectivity index (χ0) is 17.1. The molecule has 1 aliphatic rings. The smallest absolute Gasteiger partial charge is 0.258 e. The van der Waals surface area contributed by atoms with Crippen LogP contribution in [0.5, 0.6) is 0 Å². The van der Waals surface area contributed by atoms with Crippen LogP contribution in [-0.2, 0) is 17.8 Å². The van der Waals surface area contributed by atoms with Crippen molar-refractivity contribution >= 4 is 29.1 Å². The molecule has 2 amide bonds. The first-order valence-electron chi connectivity index (χ1n) is 7.99. The minimum atomic E-state index is -0.0940. The Balaban J connectivity index is 1.88. The van der Waals surface area contributed by atoms with Gasteiger partial charge in [-0.1, -0.05) is 35.9 Å². The molecule has 0 saturated carbocycles. The number of amides is 2. The molecule has 5 heteroatoms. The molecule has 0 radical (unpaired) electrons. The summed E-state index contributed by atoms with van der Waals surface area (Å²) in [6, 6.07) is 13.1. The second-order valence-corrected chi connectivity index (χ2v) is 6.33. The molecule has 0 bridgehead atoms. The van der Waals surface area contributed by atoms with Gasteiger partial charge in [0, 0.05) is 25.6 Å². The number of para-hydroxylation sites is 1. The van der Waals surface area contributed by atoms with Crippen molar-refractivity contribution in [2.45, 2.75) is 26.3 Å². The molecule has 0 aromatic heterocycles. The number of benzene rings is 2. The molecule has 1 N–H and O–H groups in total. The molecule has 0 aliphatic carbocycles. The van der Waals surface area contributed by atoms with Crippen molar-refractivity contribution < 1.29 is 9.59 Å². The zero-order valence-electron chi connectivity index (χ0n) is 13.5. The maximum atomic E-state index is 13.0. The van der Waals surface area contributed by atoms with Crippen LogP contribution in [0, 0.1) is 0 Å². The highest BCUT2D eigenvalue weighted by atomic mass is 35.5. The summed E-state index contributed by atoms with van der Waals surface area (Å²) in [5.41, 5.74) is 3.43. The van der Waals surface area contributed by atoms with Gasteiger partial charge in [-0.3, -0.25) is 9.59 Å². The van der Waals surface area contributed by atoms with Crippen molar-refractivity contribution in [2.24, 2.45) is 0 Å². The van der Waals surface area contributed by atoms with E-state index in [1.807, 2.05) is 36.4 Å². The van der Waals surface area contributed by atoms with Crippen molar-refractivity contribution in [1.29, 1.82) is 0 Å². The molecule has 1 heterocycles. The molecule has 0 fully saturated rings. The van der Waals surface area contributed by atoms with Crippen molar-refractivity contribution in [3.8, 4) is 0 Å². The molecular formula is C19H19ClN2O2. The first-order chi connectivity index (χ1) is 11.6. The Hall–Kier alpha value is -2.33. The molecule has 3 rings (SSSR count). The van der Waals surface area contributed by atoms with E-state index in [4.69, 9.17) is 11.6 Å². The van der Waals surface area contributed by atoms with Gasteiger partial charge in [-0.05, 0) is 42.2 Å². The molecule has 2 aromatic carbocycles. The van der Waals surface area contributed by atoms with Crippen LogP contribution in [0.25, 0.3) is 0 Å². The van der Waals surface area contributed by atoms with E-state index in [1.54, 1.807) is 11.0 Å². The van der Waals surface area contributed by atoms with E-state index in [0.29, 0.717) is 23.7 Å². The summed E-state index contributed by atoms with van der Waals surface area (Å²) >= 11 is 6.34. The number of carbonyl (C=O) groups excluding carboxylic acids is 2. The highest BCUT2D eigenvalue weighted by Gasteiger charge is 2.25. The average molecular weight is 343 g/mol. The van der Waals surface area contributed by atoms with Gasteiger partial charge in [-0.25, -0.2) is 0 Å². The van der Waals surface area contributed by atoms with Crippen LogP contribution in [-0.4, -0.2) is 18.4 Å². The summed E-state index contributed by atoms with van der Waals surface area (Å²) in [5.74, 6) is -0.155. The predicted octanol–water partition coefficient (Wildman–Crippen LogP) is 3.57. The molecular weight excluding hydrogens is 324 g/mol. The maximum Gasteiger partial charge on any atom is 0.258 e. The van der Waals surface area contributed by atoms with Crippen molar-refractivity contribution in [2.75, 3.05) is 11.4 Å². The van der Waals surface area contributed by atoms with E-state index < -0.39 is 0 Å². The molecule has 2 aromatic rings. The Bertz CT molecular complexity index is 789. The Kier molecular flexibility index (Phi) is 4.86. The second-order valence-electron chi connectivity index (χ2n) is 5.92. The molecule has 1 aliphatic heterocycles. The fourth-order valence-electron chi connectivity index (χ4n) is 3.00. The number of aryl methyl sites for hydroxylation is 1. The van der Waals surface area contributed by atoms with Gasteiger partial charge >= 0.3 is 0 Å². The topological polar surface area (TPSA) is 49.4 Å². The minimum Gasteiger partial charge on any atom is -0.352 e. The number of fused-ring (bicyclic) bond motifs is 1. The third kappa shape index (κ3) is 3.44. The van der Waals surface area contributed by atoms with Gasteiger partial charge in [-0.2, -0.15) is 0 Å². The summed E-state index contributed by atoms with van der Waals surface area (Å²) in [4.78, 5) is 25.8. The highest BCUT2D eigenvalue weighted by Crippen LogP contribution is 2.35. The molecule has 0 unspecified atom stereocenters. The van der Waals surface area contributed by atoms with E-state index in [9.17, 15) is 9.59 Å². The van der Waals surface area contributed by atoms with E-state index in [1.165, 1.54) is 6.92 Å². The van der Waals surface area contributed by atoms with E-state index in [-0.39, 0.29) is 11.8 Å². The Morgan fingerprint density at radius 1 is 1.21 bits per heavy atom. The van der Waals surface area contributed by atoms with Crippen LogP contribution in [0.15, 0.2) is 42.5 Å². The maximum absolute atomic E-state index is 13.0. The van der Waals surface area contributed by atoms with Crippen LogP contribution in [0.1, 0.15) is 34.8 Å². The number of nitrogens with zero attached hydrogens (tertiary/aromatic N) is 1. The molecule has 0 spiro atoms. The normalized spacial score (nSPS) is 13.3. The lowest BCUT2D eigenvalue weighted by Gasteiger charge is -2.30. The molecule has 0 saturated heterocycles. The number of rotatable bonds is 3. The summed E-state index contributed by atoms with van der Waals surface area (Å²) in [5, 5.41) is 3.35. The van der Waals surface area contributed by atoms with Crippen LogP contribution in [0.4, 0.5) is 5.69 Å². The number of halogens is 1. The van der Waals surface area contributed by atoms with Gasteiger partial charge in [0.15, 0.2) is 0 Å². The number of hydrogen-bond acceptors (Lipinski definition) is 2. The van der Waals surface area contributed by atoms with Crippen LogP contribution >= 0.6 is 11.6 Å². The fourth-order valence-corrected chi connectivity index (χ4v) is 3.30. The minimum absolute atomic E-state index is 0.0614. The van der Waals surface area contributed by atoms with Crippen molar-refractivity contribution in [1.82, 2.24) is 5.32 Å². The van der Waals surface area contributed by atoms with E-state index in [0.717, 1.165) is 29.7 Å². The Morgan fingerprint density at radius 3 is 2.79 bits per heavy atom. The average Bonchev–Trinajstić information content (AvgIpc) is 2.59. The lowest BCUT2D eigenvalue weighted by atomic mass is 10.0. The summed E-state index contributed by atoms with van der Waals surface area (Å²) < 4.78 is 0. The quantitative estimate of drug-likeness (QED) is 0.927. The van der Waals surface area contributed by atoms with Gasteiger partial charge in [0.2, 0.25) is 5.91 Å². The highest BCUT2D eigenvalue weighted by molar-refractivity contribution is 6.34. The third-order valence-electron chi connectivity index (χ3n) is 4.13. The Labute approximate surface area is 146 Å². The first-order valence-corrected chi connectivity index (χ1v) is 8.36. The van der Waals surface area contributed by atoms with Gasteiger partial charge < -0.3 is 10.2 Å². The monoisotopic (exact) mass is 342 g/mol. The van der Waals surface area contributed by atoms with E-state index in [2.05, 4.69) is 5.32 Å². The second kappa shape index (κ2) is 7.05. The summed E-state index contributed by atoms with van der Waals surface area (Å²) in [6.07, 6.45) is 1.85. The molecule has 0 atom stereocenters. The lowest BCUT2D eigenvalue weighted by Crippen LogP contribution is -2.35. The predicted molar refractivity (Wildman–Crippen MR) is 95.4 cm³/mol. The van der Waals surface area contributed by atoms with Crippen LogP contribution < -0.4 is 10.2 Å². The van der Waals surface area contributed by atoms with Gasteiger partial charge in [0.05, 0.1) is 10.7 Å². The standard InChI is InChI=1S/C19H19ClN2O2/c1-13(23)21-12-14-5-2-7-16(11-14)19(24)22-10-4-8-15-6-3-9-17(20)18(15)22/h2-3,5-7,9,11H,4,8,10,12H2,1H3,(H,21,23). The summed E-state index contributed by atoms with van der Waals surface area (Å²) in [7, 11) is 0. The van der Waals surface area contributed by atoms with Gasteiger partial charge in [-0.15, -0.1) is 0 Å². The SMILES string of the molecule is CC(=O)NCc1cccc(C(=O)N2CCCc3cccc(Cl)c32)c1. The van der Waals surface area contributed by atoms with E-state index >= 15 is 0 Å². The largest absolute Gasteiger partial charge is 0.352 e. The van der Waals surface area contributed by atoms with Crippen LogP contribution in [0.3, 0.4) is 0 Å². The first kappa shape index (κ1) is 16.5. The fraction of sp³-hybridized carbons (Fsp3) is 0.263. The molecule has 124 valence electrons. The van der Waals surface area contributed by atoms with Crippen molar-refractivity contribution in [3.05, 3.63) is 64.2 Å². The molecule has 4 nitrogen and oxygen atoms in total. The number of carbonyl (C=O) groups is 2. The number of anilines is 1. The van der Waals surface area contributed by atoms with Gasteiger partial charge in [0.25, 0.3) is 5.91 Å². The zero-order valence-corrected chi connectivity index (χ0v) is 14.3. The Morgan fingerprint density at radius 2 is 2.00 bits per heavy atom. The lowest BCUT2D eigenvalue weighted by molar-refractivity contribution is -0.119. The number of hydrogen-bond donors (Lipinski definition) is 1.